The smallest absolute Gasteiger partial charge is 0.307 e. The summed E-state index contributed by atoms with van der Waals surface area (Å²) in [5, 5.41) is 11.5. The summed E-state index contributed by atoms with van der Waals surface area (Å²) in [6, 6.07) is 4.31. The second-order valence-corrected chi connectivity index (χ2v) is 5.33. The Morgan fingerprint density at radius 2 is 1.90 bits per heavy atom. The zero-order valence-electron chi connectivity index (χ0n) is 10.7. The fourth-order valence-electron chi connectivity index (χ4n) is 2.57. The average Bonchev–Trinajstić information content (AvgIpc) is 2.43. The fraction of sp³-hybridized carbons (Fsp3) is 0.429. The van der Waals surface area contributed by atoms with Gasteiger partial charge in [0, 0.05) is 0 Å². The Bertz CT molecular complexity index is 535. The van der Waals surface area contributed by atoms with Crippen molar-refractivity contribution in [2.45, 2.75) is 25.7 Å². The highest BCUT2D eigenvalue weighted by atomic mass is 35.5. The van der Waals surface area contributed by atoms with E-state index in [2.05, 4.69) is 5.32 Å². The molecule has 2 rings (SSSR count). The predicted octanol–water partition coefficient (Wildman–Crippen LogP) is 3.31. The Morgan fingerprint density at radius 3 is 2.55 bits per heavy atom. The van der Waals surface area contributed by atoms with Crippen LogP contribution in [0.25, 0.3) is 0 Å². The largest absolute Gasteiger partial charge is 0.481 e. The van der Waals surface area contributed by atoms with Gasteiger partial charge in [-0.05, 0) is 25.0 Å². The summed E-state index contributed by atoms with van der Waals surface area (Å²) in [5.74, 6) is -3.47. The molecule has 2 N–H and O–H groups in total. The minimum atomic E-state index is -0.976. The third kappa shape index (κ3) is 3.10. The van der Waals surface area contributed by atoms with Crippen LogP contribution in [0.2, 0.25) is 5.02 Å². The van der Waals surface area contributed by atoms with Crippen LogP contribution in [0.15, 0.2) is 18.2 Å². The van der Waals surface area contributed by atoms with Gasteiger partial charge in [0.15, 0.2) is 5.82 Å². The average molecular weight is 300 g/mol. The highest BCUT2D eigenvalue weighted by Crippen LogP contribution is 2.32. The molecule has 1 aromatic carbocycles. The molecule has 1 saturated carbocycles. The van der Waals surface area contributed by atoms with Crippen LogP contribution in [0.4, 0.5) is 10.1 Å². The van der Waals surface area contributed by atoms with Crippen LogP contribution in [0.3, 0.4) is 0 Å². The summed E-state index contributed by atoms with van der Waals surface area (Å²) >= 11 is 5.64. The van der Waals surface area contributed by atoms with Crippen LogP contribution in [0.5, 0.6) is 0 Å². The molecular formula is C14H15ClFNO3. The Labute approximate surface area is 120 Å². The lowest BCUT2D eigenvalue weighted by atomic mass is 9.78. The Morgan fingerprint density at radius 1 is 1.25 bits per heavy atom. The maximum absolute atomic E-state index is 13.7. The number of rotatable bonds is 3. The minimum absolute atomic E-state index is 0.0165. The van der Waals surface area contributed by atoms with Crippen LogP contribution in [0.1, 0.15) is 25.7 Å². The maximum Gasteiger partial charge on any atom is 0.307 e. The van der Waals surface area contributed by atoms with E-state index in [0.29, 0.717) is 12.8 Å². The van der Waals surface area contributed by atoms with E-state index >= 15 is 0 Å². The highest BCUT2D eigenvalue weighted by molar-refractivity contribution is 6.31. The number of amides is 1. The fourth-order valence-corrected chi connectivity index (χ4v) is 2.74. The number of aliphatic carboxylic acids is 1. The van der Waals surface area contributed by atoms with Gasteiger partial charge in [0.05, 0.1) is 22.5 Å². The summed E-state index contributed by atoms with van der Waals surface area (Å²) in [7, 11) is 0. The van der Waals surface area contributed by atoms with E-state index in [9.17, 15) is 14.0 Å². The maximum atomic E-state index is 13.7. The van der Waals surface area contributed by atoms with Crippen LogP contribution in [-0.2, 0) is 9.59 Å². The molecule has 20 heavy (non-hydrogen) atoms. The van der Waals surface area contributed by atoms with Gasteiger partial charge in [-0.25, -0.2) is 4.39 Å². The van der Waals surface area contributed by atoms with Gasteiger partial charge in [-0.15, -0.1) is 0 Å². The lowest BCUT2D eigenvalue weighted by molar-refractivity contribution is -0.147. The third-order valence-electron chi connectivity index (χ3n) is 3.63. The molecule has 1 fully saturated rings. The molecule has 0 bridgehead atoms. The van der Waals surface area contributed by atoms with Gasteiger partial charge in [-0.1, -0.05) is 30.5 Å². The molecule has 0 saturated heterocycles. The van der Waals surface area contributed by atoms with Gasteiger partial charge in [-0.2, -0.15) is 0 Å². The van der Waals surface area contributed by atoms with Crippen molar-refractivity contribution in [1.82, 2.24) is 0 Å². The molecule has 0 aliphatic heterocycles. The van der Waals surface area contributed by atoms with E-state index < -0.39 is 29.5 Å². The molecule has 0 radical (unpaired) electrons. The van der Waals surface area contributed by atoms with Crippen molar-refractivity contribution in [3.63, 3.8) is 0 Å². The monoisotopic (exact) mass is 299 g/mol. The van der Waals surface area contributed by atoms with Crippen molar-refractivity contribution >= 4 is 29.2 Å². The number of carboxylic acids is 1. The van der Waals surface area contributed by atoms with Crippen LogP contribution in [0, 0.1) is 17.7 Å². The number of hydrogen-bond donors (Lipinski definition) is 2. The number of carboxylic acid groups (broad SMARTS) is 1. The molecule has 108 valence electrons. The number of hydrogen-bond acceptors (Lipinski definition) is 2. The minimum Gasteiger partial charge on any atom is -0.481 e. The first-order chi connectivity index (χ1) is 9.50. The van der Waals surface area contributed by atoms with E-state index in [4.69, 9.17) is 16.7 Å². The molecule has 1 aliphatic rings. The summed E-state index contributed by atoms with van der Waals surface area (Å²) in [4.78, 5) is 23.3. The normalized spacial score (nSPS) is 22.3. The molecule has 6 heteroatoms. The molecule has 1 aliphatic carbocycles. The molecule has 2 unspecified atom stereocenters. The molecule has 0 heterocycles. The van der Waals surface area contributed by atoms with Crippen LogP contribution in [-0.4, -0.2) is 17.0 Å². The number of carbonyl (C=O) groups excluding carboxylic acids is 1. The van der Waals surface area contributed by atoms with Gasteiger partial charge >= 0.3 is 5.97 Å². The summed E-state index contributed by atoms with van der Waals surface area (Å²) in [6.07, 6.45) is 2.59. The Hall–Kier alpha value is -1.62. The Balaban J connectivity index is 2.14. The van der Waals surface area contributed by atoms with Crippen molar-refractivity contribution in [3.8, 4) is 0 Å². The molecule has 1 amide bonds. The van der Waals surface area contributed by atoms with E-state index in [-0.39, 0.29) is 10.7 Å². The van der Waals surface area contributed by atoms with E-state index in [1.54, 1.807) is 0 Å². The highest BCUT2D eigenvalue weighted by Gasteiger charge is 2.35. The first-order valence-electron chi connectivity index (χ1n) is 6.48. The van der Waals surface area contributed by atoms with E-state index in [1.165, 1.54) is 18.2 Å². The summed E-state index contributed by atoms with van der Waals surface area (Å²) in [5.41, 5.74) is -0.0165. The topological polar surface area (TPSA) is 66.4 Å². The Kier molecular flexibility index (Phi) is 4.60. The first kappa shape index (κ1) is 14.8. The van der Waals surface area contributed by atoms with Crippen molar-refractivity contribution < 1.29 is 19.1 Å². The van der Waals surface area contributed by atoms with Gasteiger partial charge in [0.2, 0.25) is 5.91 Å². The van der Waals surface area contributed by atoms with Gasteiger partial charge < -0.3 is 10.4 Å². The van der Waals surface area contributed by atoms with Gasteiger partial charge in [-0.3, -0.25) is 9.59 Å². The standard InChI is InChI=1S/C14H15ClFNO3/c15-10-6-3-7-11(12(10)16)17-13(18)8-4-1-2-5-9(8)14(19)20/h3,6-9H,1-2,4-5H2,(H,17,18)(H,19,20). The third-order valence-corrected chi connectivity index (χ3v) is 3.92. The quantitative estimate of drug-likeness (QED) is 0.900. The number of benzene rings is 1. The summed E-state index contributed by atoms with van der Waals surface area (Å²) < 4.78 is 13.7. The predicted molar refractivity (Wildman–Crippen MR) is 73.1 cm³/mol. The molecule has 4 nitrogen and oxygen atoms in total. The van der Waals surface area contributed by atoms with Gasteiger partial charge in [0.1, 0.15) is 0 Å². The molecule has 1 aromatic rings. The summed E-state index contributed by atoms with van der Waals surface area (Å²) in [6.45, 7) is 0. The molecular weight excluding hydrogens is 285 g/mol. The van der Waals surface area contributed by atoms with E-state index in [1.807, 2.05) is 0 Å². The number of carbonyl (C=O) groups is 2. The molecule has 2 atom stereocenters. The second-order valence-electron chi connectivity index (χ2n) is 4.93. The number of halogens is 2. The van der Waals surface area contributed by atoms with Crippen molar-refractivity contribution in [3.05, 3.63) is 29.0 Å². The van der Waals surface area contributed by atoms with Crippen molar-refractivity contribution in [1.29, 1.82) is 0 Å². The number of nitrogens with one attached hydrogen (secondary N) is 1. The first-order valence-corrected chi connectivity index (χ1v) is 6.86. The lowest BCUT2D eigenvalue weighted by Crippen LogP contribution is -2.36. The van der Waals surface area contributed by atoms with Crippen LogP contribution >= 0.6 is 11.6 Å². The van der Waals surface area contributed by atoms with Gasteiger partial charge in [0.25, 0.3) is 0 Å². The van der Waals surface area contributed by atoms with E-state index in [0.717, 1.165) is 12.8 Å². The lowest BCUT2D eigenvalue weighted by Gasteiger charge is -2.27. The van der Waals surface area contributed by atoms with Crippen molar-refractivity contribution in [2.24, 2.45) is 11.8 Å². The zero-order chi connectivity index (χ0) is 14.7. The zero-order valence-corrected chi connectivity index (χ0v) is 11.5. The second kappa shape index (κ2) is 6.22. The molecule has 0 aromatic heterocycles. The number of anilines is 1. The van der Waals surface area contributed by atoms with Crippen molar-refractivity contribution in [2.75, 3.05) is 5.32 Å². The van der Waals surface area contributed by atoms with Crippen LogP contribution < -0.4 is 5.32 Å². The SMILES string of the molecule is O=C(O)C1CCCCC1C(=O)Nc1cccc(Cl)c1F. The molecule has 0 spiro atoms.